The first kappa shape index (κ1) is 40.9. The Morgan fingerprint density at radius 2 is 1.67 bits per heavy atom. The van der Waals surface area contributed by atoms with Crippen LogP contribution >= 0.6 is 0 Å². The number of anilines is 2. The molecule has 2 aromatic carbocycles. The molecule has 4 aliphatic heterocycles. The van der Waals surface area contributed by atoms with Gasteiger partial charge in [0.2, 0.25) is 17.7 Å². The van der Waals surface area contributed by atoms with Crippen LogP contribution in [0.3, 0.4) is 0 Å². The Morgan fingerprint density at radius 3 is 2.32 bits per heavy atom. The van der Waals surface area contributed by atoms with E-state index in [0.29, 0.717) is 6.04 Å². The Hall–Kier alpha value is -5.84. The lowest BCUT2D eigenvalue weighted by Crippen LogP contribution is -2.56. The van der Waals surface area contributed by atoms with Crippen LogP contribution in [0.1, 0.15) is 91.5 Å². The van der Waals surface area contributed by atoms with Crippen molar-refractivity contribution in [2.45, 2.75) is 89.0 Å². The molecule has 1 unspecified atom stereocenters. The van der Waals surface area contributed by atoms with Crippen molar-refractivity contribution in [2.75, 3.05) is 36.4 Å². The summed E-state index contributed by atoms with van der Waals surface area (Å²) in [6, 6.07) is 9.47. The van der Waals surface area contributed by atoms with Crippen LogP contribution < -0.4 is 20.9 Å². The van der Waals surface area contributed by atoms with Crippen LogP contribution in [0.25, 0.3) is 5.69 Å². The molecular formula is C43H48F3N9O5. The van der Waals surface area contributed by atoms with Crippen LogP contribution in [0, 0.1) is 16.7 Å². The first-order valence-corrected chi connectivity index (χ1v) is 20.4. The van der Waals surface area contributed by atoms with Crippen molar-refractivity contribution >= 4 is 47.1 Å². The number of nitrogens with one attached hydrogen (secondary N) is 4. The molecule has 1 atom stereocenters. The van der Waals surface area contributed by atoms with Crippen LogP contribution in [0.5, 0.6) is 0 Å². The van der Waals surface area contributed by atoms with E-state index in [4.69, 9.17) is 5.41 Å². The van der Waals surface area contributed by atoms with Gasteiger partial charge in [-0.05, 0) is 131 Å². The molecule has 0 radical (unpaired) electrons. The van der Waals surface area contributed by atoms with Crippen molar-refractivity contribution in [1.82, 2.24) is 30.2 Å². The lowest BCUT2D eigenvalue weighted by atomic mass is 9.59. The van der Waals surface area contributed by atoms with E-state index in [1.54, 1.807) is 38.2 Å². The number of rotatable bonds is 10. The number of halogens is 3. The van der Waals surface area contributed by atoms with Crippen LogP contribution in [0.4, 0.5) is 24.5 Å². The average Bonchev–Trinajstić information content (AvgIpc) is 3.83. The smallest absolute Gasteiger partial charge is 0.377 e. The van der Waals surface area contributed by atoms with Crippen molar-refractivity contribution < 1.29 is 37.1 Å². The molecule has 0 bridgehead atoms. The standard InChI is InChI=1S/C43H48F3N9O5/c1-41(2,40(60)50-33-7-4-28(43(44,45)46)20-35(33)54-15-3-14-49-54)48-25-27(24-47)26-10-16-52(17-11-26)30-22-42(23-30)12-18-53(19-13-42)29-5-6-31-32(21-29)39(59)55(38(31)58)34-8-9-36(56)51-37(34)57/h3-7,14-15,20-21,24-26,30,34,47-48H,8-13,16-19,22-23H2,1-2H3,(H,50,60)(H,51,56,57)/b27-25+,47-24?. The molecule has 5 amide bonds. The number of nitrogens with zero attached hydrogens (tertiary/aromatic N) is 5. The number of hydrogen-bond donors (Lipinski definition) is 4. The van der Waals surface area contributed by atoms with Gasteiger partial charge >= 0.3 is 6.18 Å². The van der Waals surface area contributed by atoms with Gasteiger partial charge in [0.15, 0.2) is 0 Å². The number of hydrogen-bond acceptors (Lipinski definition) is 10. The molecule has 60 heavy (non-hydrogen) atoms. The summed E-state index contributed by atoms with van der Waals surface area (Å²) in [6.07, 6.45) is 7.60. The summed E-state index contributed by atoms with van der Waals surface area (Å²) in [5, 5.41) is 20.4. The van der Waals surface area contributed by atoms with Gasteiger partial charge < -0.3 is 25.8 Å². The predicted octanol–water partition coefficient (Wildman–Crippen LogP) is 5.29. The van der Waals surface area contributed by atoms with Crippen LogP contribution in [-0.4, -0.2) is 99.1 Å². The minimum Gasteiger partial charge on any atom is -0.377 e. The van der Waals surface area contributed by atoms with Crippen molar-refractivity contribution in [3.8, 4) is 5.69 Å². The highest BCUT2D eigenvalue weighted by molar-refractivity contribution is 6.23. The number of carbonyl (C=O) groups excluding carboxylic acids is 5. The van der Waals surface area contributed by atoms with Gasteiger partial charge in [0.1, 0.15) is 11.6 Å². The van der Waals surface area contributed by atoms with Gasteiger partial charge in [-0.1, -0.05) is 0 Å². The fraction of sp³-hybridized carbons (Fsp3) is 0.465. The molecule has 1 aliphatic carbocycles. The summed E-state index contributed by atoms with van der Waals surface area (Å²) in [5.74, 6) is -2.37. The van der Waals surface area contributed by atoms with E-state index in [2.05, 4.69) is 30.8 Å². The molecule has 1 aromatic heterocycles. The SMILES string of the molecule is CC(C)(N/C=C(\C=N)C1CCN(C2CC3(CCN(c4ccc5c(c4)C(=O)N(C4CCC(=O)NC4=O)C5=O)CC3)C2)CC1)C(=O)Nc1ccc(C(F)(F)F)cc1-n1cccn1. The third-order valence-corrected chi connectivity index (χ3v) is 13.1. The van der Waals surface area contributed by atoms with Crippen LogP contribution in [0.15, 0.2) is 66.6 Å². The number of amides is 5. The minimum absolute atomic E-state index is 0.0739. The van der Waals surface area contributed by atoms with E-state index in [1.165, 1.54) is 29.4 Å². The topological polar surface area (TPSA) is 173 Å². The monoisotopic (exact) mass is 827 g/mol. The molecule has 17 heteroatoms. The molecule has 4 N–H and O–H groups in total. The van der Waals surface area contributed by atoms with Crippen molar-refractivity contribution in [3.05, 3.63) is 83.3 Å². The van der Waals surface area contributed by atoms with Gasteiger partial charge in [-0.3, -0.25) is 34.2 Å². The summed E-state index contributed by atoms with van der Waals surface area (Å²) >= 11 is 0. The second-order valence-electron chi connectivity index (χ2n) is 17.2. The number of alkyl halides is 3. The number of likely N-dealkylation sites (tertiary alicyclic amines) is 1. The lowest BCUT2D eigenvalue weighted by molar-refractivity contribution is -0.138. The maximum Gasteiger partial charge on any atom is 0.416 e. The molecule has 316 valence electrons. The molecule has 1 spiro atoms. The highest BCUT2D eigenvalue weighted by atomic mass is 19.4. The summed E-state index contributed by atoms with van der Waals surface area (Å²) in [5.41, 5.74) is 0.723. The Bertz CT molecular complexity index is 2250. The Labute approximate surface area is 345 Å². The number of carbonyl (C=O) groups is 5. The van der Waals surface area contributed by atoms with E-state index < -0.39 is 52.9 Å². The van der Waals surface area contributed by atoms with Gasteiger partial charge in [-0.25, -0.2) is 4.68 Å². The number of imide groups is 2. The van der Waals surface area contributed by atoms with Gasteiger partial charge in [0.05, 0.1) is 28.1 Å². The Balaban J connectivity index is 0.813. The number of fused-ring (bicyclic) bond motifs is 1. The first-order chi connectivity index (χ1) is 28.6. The number of piperidine rings is 3. The van der Waals surface area contributed by atoms with Crippen LogP contribution in [0.2, 0.25) is 0 Å². The lowest BCUT2D eigenvalue weighted by Gasteiger charge is -2.56. The van der Waals surface area contributed by atoms with E-state index in [0.717, 1.165) is 93.0 Å². The molecule has 3 aromatic rings. The Kier molecular flexibility index (Phi) is 10.7. The number of aromatic nitrogens is 2. The van der Waals surface area contributed by atoms with Crippen molar-refractivity contribution in [1.29, 1.82) is 5.41 Å². The third-order valence-electron chi connectivity index (χ3n) is 13.1. The van der Waals surface area contributed by atoms with Gasteiger partial charge in [0, 0.05) is 56.0 Å². The average molecular weight is 828 g/mol. The first-order valence-electron chi connectivity index (χ1n) is 20.4. The van der Waals surface area contributed by atoms with Gasteiger partial charge in [-0.15, -0.1) is 0 Å². The number of benzene rings is 2. The number of allylic oxidation sites excluding steroid dienone is 1. The zero-order valence-corrected chi connectivity index (χ0v) is 33.5. The summed E-state index contributed by atoms with van der Waals surface area (Å²) in [7, 11) is 0. The van der Waals surface area contributed by atoms with Crippen LogP contribution in [-0.2, 0) is 20.6 Å². The molecule has 14 nitrogen and oxygen atoms in total. The Morgan fingerprint density at radius 1 is 0.950 bits per heavy atom. The molecule has 1 saturated carbocycles. The zero-order chi connectivity index (χ0) is 42.6. The normalized spacial score (nSPS) is 21.8. The summed E-state index contributed by atoms with van der Waals surface area (Å²) in [4.78, 5) is 69.9. The fourth-order valence-electron chi connectivity index (χ4n) is 9.40. The highest BCUT2D eigenvalue weighted by Gasteiger charge is 2.49. The fourth-order valence-corrected chi connectivity index (χ4v) is 9.40. The van der Waals surface area contributed by atoms with Gasteiger partial charge in [-0.2, -0.15) is 18.3 Å². The molecule has 3 saturated heterocycles. The van der Waals surface area contributed by atoms with E-state index >= 15 is 0 Å². The second-order valence-corrected chi connectivity index (χ2v) is 17.2. The molecule has 4 fully saturated rings. The largest absolute Gasteiger partial charge is 0.416 e. The van der Waals surface area contributed by atoms with Gasteiger partial charge in [0.25, 0.3) is 11.8 Å². The van der Waals surface area contributed by atoms with E-state index in [9.17, 15) is 37.1 Å². The quantitative estimate of drug-likeness (QED) is 0.157. The van der Waals surface area contributed by atoms with Crippen molar-refractivity contribution in [3.63, 3.8) is 0 Å². The molecule has 5 heterocycles. The zero-order valence-electron chi connectivity index (χ0n) is 33.5. The molecule has 8 rings (SSSR count). The predicted molar refractivity (Wildman–Crippen MR) is 216 cm³/mol. The second kappa shape index (κ2) is 15.6. The van der Waals surface area contributed by atoms with Crippen molar-refractivity contribution in [2.24, 2.45) is 11.3 Å². The summed E-state index contributed by atoms with van der Waals surface area (Å²) < 4.78 is 41.8. The minimum atomic E-state index is -4.57. The third kappa shape index (κ3) is 7.82. The maximum atomic E-state index is 13.5. The van der Waals surface area contributed by atoms with E-state index in [1.807, 2.05) is 6.07 Å². The summed E-state index contributed by atoms with van der Waals surface area (Å²) in [6.45, 7) is 6.80. The van der Waals surface area contributed by atoms with E-state index in [-0.39, 0.29) is 46.7 Å². The highest BCUT2D eigenvalue weighted by Crippen LogP contribution is 2.52. The molecular weight excluding hydrogens is 780 g/mol. The maximum absolute atomic E-state index is 13.5. The molecule has 5 aliphatic rings.